The molecule has 0 spiro atoms. The highest BCUT2D eigenvalue weighted by molar-refractivity contribution is 6.14. The molecule has 0 bridgehead atoms. The quantitative estimate of drug-likeness (QED) is 0.258. The molecule has 0 unspecified atom stereocenters. The zero-order chi connectivity index (χ0) is 24.4. The van der Waals surface area contributed by atoms with Gasteiger partial charge in [0, 0.05) is 27.6 Å². The SMILES string of the molecule is CC1(C)c2ccccc2-c2ccc3c(c21)c1ccccc1n3-c1cccc(Nc2ccccc2N)c1. The first kappa shape index (κ1) is 20.8. The van der Waals surface area contributed by atoms with E-state index in [2.05, 4.69) is 109 Å². The highest BCUT2D eigenvalue weighted by Gasteiger charge is 2.37. The van der Waals surface area contributed by atoms with Crippen LogP contribution in [0.5, 0.6) is 0 Å². The van der Waals surface area contributed by atoms with Gasteiger partial charge in [-0.1, -0.05) is 80.6 Å². The van der Waals surface area contributed by atoms with Crippen molar-refractivity contribution in [3.05, 3.63) is 120 Å². The van der Waals surface area contributed by atoms with Gasteiger partial charge in [0.2, 0.25) is 0 Å². The molecule has 6 aromatic rings. The Bertz CT molecular complexity index is 1810. The summed E-state index contributed by atoms with van der Waals surface area (Å²) in [6.45, 7) is 4.72. The molecule has 0 radical (unpaired) electrons. The van der Waals surface area contributed by atoms with E-state index >= 15 is 0 Å². The molecule has 1 aliphatic carbocycles. The summed E-state index contributed by atoms with van der Waals surface area (Å²) in [5, 5.41) is 6.13. The largest absolute Gasteiger partial charge is 0.397 e. The predicted octanol–water partition coefficient (Wildman–Crippen LogP) is 8.42. The Labute approximate surface area is 210 Å². The molecule has 36 heavy (non-hydrogen) atoms. The lowest BCUT2D eigenvalue weighted by Crippen LogP contribution is -2.15. The number of nitrogens with zero attached hydrogens (tertiary/aromatic N) is 1. The Kier molecular flexibility index (Phi) is 4.34. The molecular formula is C33H27N3. The number of nitrogen functional groups attached to an aromatic ring is 1. The maximum absolute atomic E-state index is 6.20. The first-order valence-corrected chi connectivity index (χ1v) is 12.4. The second-order valence-electron chi connectivity index (χ2n) is 10.2. The van der Waals surface area contributed by atoms with Crippen LogP contribution < -0.4 is 11.1 Å². The monoisotopic (exact) mass is 465 g/mol. The summed E-state index contributed by atoms with van der Waals surface area (Å²) >= 11 is 0. The third-order valence-corrected chi connectivity index (χ3v) is 7.70. The van der Waals surface area contributed by atoms with Crippen molar-refractivity contribution in [3.8, 4) is 16.8 Å². The van der Waals surface area contributed by atoms with Crippen molar-refractivity contribution in [2.75, 3.05) is 11.1 Å². The van der Waals surface area contributed by atoms with Crippen LogP contribution in [-0.4, -0.2) is 4.57 Å². The van der Waals surface area contributed by atoms with E-state index in [-0.39, 0.29) is 5.41 Å². The third kappa shape index (κ3) is 2.86. The standard InChI is InChI=1S/C33H27N3/c1-33(2)26-14-5-3-12-23(26)24-18-19-30-31(32(24)33)25-13-4-8-17-29(25)36(30)22-11-9-10-21(20-22)35-28-16-7-6-15-27(28)34/h3-20,35H,34H2,1-2H3. The highest BCUT2D eigenvalue weighted by atomic mass is 15.0. The molecule has 0 amide bonds. The van der Waals surface area contributed by atoms with Crippen molar-refractivity contribution in [1.82, 2.24) is 4.57 Å². The Morgan fingerprint density at radius 3 is 2.36 bits per heavy atom. The van der Waals surface area contributed by atoms with E-state index in [1.165, 1.54) is 44.1 Å². The van der Waals surface area contributed by atoms with Crippen LogP contribution in [0.3, 0.4) is 0 Å². The Hall–Kier alpha value is -4.50. The molecule has 3 heteroatoms. The van der Waals surface area contributed by atoms with E-state index in [1.807, 2.05) is 24.3 Å². The number of nitrogens with two attached hydrogens (primary N) is 1. The number of para-hydroxylation sites is 3. The number of fused-ring (bicyclic) bond motifs is 7. The van der Waals surface area contributed by atoms with Gasteiger partial charge in [-0.15, -0.1) is 0 Å². The lowest BCUT2D eigenvalue weighted by atomic mass is 9.80. The molecule has 1 heterocycles. The van der Waals surface area contributed by atoms with E-state index < -0.39 is 0 Å². The Morgan fingerprint density at radius 1 is 0.694 bits per heavy atom. The van der Waals surface area contributed by atoms with E-state index in [4.69, 9.17) is 5.73 Å². The van der Waals surface area contributed by atoms with Gasteiger partial charge in [0.15, 0.2) is 0 Å². The molecule has 5 aromatic carbocycles. The van der Waals surface area contributed by atoms with Crippen molar-refractivity contribution in [2.24, 2.45) is 0 Å². The molecule has 0 saturated carbocycles. The third-order valence-electron chi connectivity index (χ3n) is 7.70. The predicted molar refractivity (Wildman–Crippen MR) is 152 cm³/mol. The Balaban J connectivity index is 1.48. The number of hydrogen-bond donors (Lipinski definition) is 2. The minimum atomic E-state index is -0.0748. The zero-order valence-corrected chi connectivity index (χ0v) is 20.4. The molecule has 3 N–H and O–H groups in total. The second-order valence-corrected chi connectivity index (χ2v) is 10.2. The topological polar surface area (TPSA) is 43.0 Å². The molecule has 0 saturated heterocycles. The van der Waals surface area contributed by atoms with E-state index in [9.17, 15) is 0 Å². The van der Waals surface area contributed by atoms with E-state index in [1.54, 1.807) is 0 Å². The summed E-state index contributed by atoms with van der Waals surface area (Å²) in [4.78, 5) is 0. The highest BCUT2D eigenvalue weighted by Crippen LogP contribution is 2.53. The summed E-state index contributed by atoms with van der Waals surface area (Å²) in [6, 6.07) is 38.7. The first-order chi connectivity index (χ1) is 17.5. The summed E-state index contributed by atoms with van der Waals surface area (Å²) in [7, 11) is 0. The molecule has 3 nitrogen and oxygen atoms in total. The van der Waals surface area contributed by atoms with Gasteiger partial charge in [-0.2, -0.15) is 0 Å². The lowest BCUT2D eigenvalue weighted by molar-refractivity contribution is 0.666. The van der Waals surface area contributed by atoms with Gasteiger partial charge in [-0.25, -0.2) is 0 Å². The van der Waals surface area contributed by atoms with Crippen LogP contribution in [-0.2, 0) is 5.41 Å². The van der Waals surface area contributed by atoms with Gasteiger partial charge >= 0.3 is 0 Å². The van der Waals surface area contributed by atoms with Crippen molar-refractivity contribution in [3.63, 3.8) is 0 Å². The molecule has 7 rings (SSSR count). The fourth-order valence-electron chi connectivity index (χ4n) is 6.10. The van der Waals surface area contributed by atoms with E-state index in [0.29, 0.717) is 0 Å². The van der Waals surface area contributed by atoms with Crippen LogP contribution in [0.15, 0.2) is 109 Å². The number of hydrogen-bond acceptors (Lipinski definition) is 2. The summed E-state index contributed by atoms with van der Waals surface area (Å²) in [5.74, 6) is 0. The molecule has 0 fully saturated rings. The van der Waals surface area contributed by atoms with Crippen molar-refractivity contribution in [1.29, 1.82) is 0 Å². The minimum Gasteiger partial charge on any atom is -0.397 e. The molecular weight excluding hydrogens is 438 g/mol. The normalized spacial score (nSPS) is 13.6. The second kappa shape index (κ2) is 7.50. The van der Waals surface area contributed by atoms with Gasteiger partial charge in [-0.3, -0.25) is 0 Å². The Morgan fingerprint density at radius 2 is 1.47 bits per heavy atom. The average molecular weight is 466 g/mol. The van der Waals surface area contributed by atoms with Crippen molar-refractivity contribution in [2.45, 2.75) is 19.3 Å². The number of aromatic nitrogens is 1. The van der Waals surface area contributed by atoms with Crippen LogP contribution in [0.1, 0.15) is 25.0 Å². The smallest absolute Gasteiger partial charge is 0.0617 e. The van der Waals surface area contributed by atoms with Crippen LogP contribution >= 0.6 is 0 Å². The first-order valence-electron chi connectivity index (χ1n) is 12.4. The number of rotatable bonds is 3. The number of anilines is 3. The zero-order valence-electron chi connectivity index (χ0n) is 20.4. The van der Waals surface area contributed by atoms with Crippen LogP contribution in [0, 0.1) is 0 Å². The number of benzene rings is 5. The molecule has 1 aromatic heterocycles. The molecule has 0 atom stereocenters. The summed E-state index contributed by atoms with van der Waals surface area (Å²) < 4.78 is 2.39. The summed E-state index contributed by atoms with van der Waals surface area (Å²) in [5.41, 5.74) is 17.8. The maximum Gasteiger partial charge on any atom is 0.0617 e. The van der Waals surface area contributed by atoms with E-state index in [0.717, 1.165) is 22.7 Å². The average Bonchev–Trinajstić information content (AvgIpc) is 3.35. The molecule has 174 valence electrons. The van der Waals surface area contributed by atoms with Crippen molar-refractivity contribution < 1.29 is 0 Å². The number of nitrogens with one attached hydrogen (secondary N) is 1. The lowest BCUT2D eigenvalue weighted by Gasteiger charge is -2.22. The summed E-state index contributed by atoms with van der Waals surface area (Å²) in [6.07, 6.45) is 0. The van der Waals surface area contributed by atoms with Gasteiger partial charge in [-0.05, 0) is 64.7 Å². The van der Waals surface area contributed by atoms with Crippen LogP contribution in [0.25, 0.3) is 38.6 Å². The fraction of sp³-hybridized carbons (Fsp3) is 0.0909. The minimum absolute atomic E-state index is 0.0748. The van der Waals surface area contributed by atoms with Gasteiger partial charge in [0.05, 0.1) is 22.4 Å². The van der Waals surface area contributed by atoms with Gasteiger partial charge in [0.1, 0.15) is 0 Å². The van der Waals surface area contributed by atoms with Gasteiger partial charge in [0.25, 0.3) is 0 Å². The molecule has 1 aliphatic rings. The van der Waals surface area contributed by atoms with Crippen LogP contribution in [0.4, 0.5) is 17.1 Å². The van der Waals surface area contributed by atoms with Crippen molar-refractivity contribution >= 4 is 38.9 Å². The van der Waals surface area contributed by atoms with Gasteiger partial charge < -0.3 is 15.6 Å². The van der Waals surface area contributed by atoms with Crippen LogP contribution in [0.2, 0.25) is 0 Å². The maximum atomic E-state index is 6.20. The molecule has 0 aliphatic heterocycles. The fourth-order valence-corrected chi connectivity index (χ4v) is 6.10.